The van der Waals surface area contributed by atoms with Gasteiger partial charge in [0, 0.05) is 12.1 Å². The van der Waals surface area contributed by atoms with Crippen LogP contribution < -0.4 is 0 Å². The Morgan fingerprint density at radius 1 is 1.52 bits per heavy atom. The van der Waals surface area contributed by atoms with Gasteiger partial charge in [-0.05, 0) is 25.3 Å². The van der Waals surface area contributed by atoms with Gasteiger partial charge in [0.15, 0.2) is 17.2 Å². The third kappa shape index (κ3) is 2.75. The summed E-state index contributed by atoms with van der Waals surface area (Å²) in [7, 11) is 1.34. The largest absolute Gasteiger partial charge is 0.467 e. The predicted octanol–water partition coefficient (Wildman–Crippen LogP) is 2.72. The van der Waals surface area contributed by atoms with Gasteiger partial charge in [0.1, 0.15) is 0 Å². The SMILES string of the molecule is CC[C@]1(C(=O)OC)CCCN1N=Cc1cccc(F)c1F. The highest BCUT2D eigenvalue weighted by molar-refractivity contribution is 5.83. The molecule has 21 heavy (non-hydrogen) atoms. The minimum absolute atomic E-state index is 0.0526. The first-order valence-corrected chi connectivity index (χ1v) is 6.89. The number of esters is 1. The lowest BCUT2D eigenvalue weighted by Gasteiger charge is -2.32. The summed E-state index contributed by atoms with van der Waals surface area (Å²) in [6, 6.07) is 3.90. The summed E-state index contributed by atoms with van der Waals surface area (Å²) in [5, 5.41) is 5.80. The fourth-order valence-corrected chi connectivity index (χ4v) is 2.69. The van der Waals surface area contributed by atoms with Crippen LogP contribution in [0, 0.1) is 11.6 Å². The van der Waals surface area contributed by atoms with Crippen LogP contribution in [0.4, 0.5) is 8.78 Å². The van der Waals surface area contributed by atoms with Crippen molar-refractivity contribution >= 4 is 12.2 Å². The first-order valence-electron chi connectivity index (χ1n) is 6.89. The third-order valence-electron chi connectivity index (χ3n) is 3.92. The van der Waals surface area contributed by atoms with E-state index in [1.165, 1.54) is 25.5 Å². The van der Waals surface area contributed by atoms with E-state index < -0.39 is 17.2 Å². The highest BCUT2D eigenvalue weighted by Gasteiger charge is 2.46. The molecule has 1 atom stereocenters. The number of rotatable bonds is 4. The zero-order valence-corrected chi connectivity index (χ0v) is 12.1. The van der Waals surface area contributed by atoms with Crippen molar-refractivity contribution in [1.82, 2.24) is 5.01 Å². The molecule has 1 heterocycles. The van der Waals surface area contributed by atoms with E-state index in [2.05, 4.69) is 5.10 Å². The van der Waals surface area contributed by atoms with Crippen LogP contribution in [0.25, 0.3) is 0 Å². The zero-order chi connectivity index (χ0) is 15.5. The number of carbonyl (C=O) groups excluding carboxylic acids is 1. The summed E-state index contributed by atoms with van der Waals surface area (Å²) in [6.45, 7) is 2.46. The van der Waals surface area contributed by atoms with E-state index >= 15 is 0 Å². The molecule has 2 rings (SSSR count). The molecule has 0 unspecified atom stereocenters. The van der Waals surface area contributed by atoms with Crippen LogP contribution in [-0.4, -0.2) is 36.4 Å². The van der Waals surface area contributed by atoms with Crippen LogP contribution in [0.5, 0.6) is 0 Å². The van der Waals surface area contributed by atoms with Gasteiger partial charge in [0.05, 0.1) is 13.3 Å². The van der Waals surface area contributed by atoms with Gasteiger partial charge in [-0.25, -0.2) is 13.6 Å². The van der Waals surface area contributed by atoms with Gasteiger partial charge in [0.25, 0.3) is 0 Å². The van der Waals surface area contributed by atoms with E-state index in [-0.39, 0.29) is 11.5 Å². The van der Waals surface area contributed by atoms with Crippen molar-refractivity contribution < 1.29 is 18.3 Å². The average molecular weight is 296 g/mol. The first kappa shape index (κ1) is 15.4. The normalized spacial score (nSPS) is 22.0. The molecule has 0 amide bonds. The maximum atomic E-state index is 13.6. The zero-order valence-electron chi connectivity index (χ0n) is 12.1. The molecule has 4 nitrogen and oxygen atoms in total. The van der Waals surface area contributed by atoms with Crippen molar-refractivity contribution in [2.75, 3.05) is 13.7 Å². The molecule has 0 radical (unpaired) electrons. The molecular formula is C15H18F2N2O2. The second-order valence-corrected chi connectivity index (χ2v) is 4.99. The van der Waals surface area contributed by atoms with Crippen molar-refractivity contribution in [3.63, 3.8) is 0 Å². The number of hydrazone groups is 1. The Morgan fingerprint density at radius 3 is 2.95 bits per heavy atom. The van der Waals surface area contributed by atoms with Crippen LogP contribution >= 0.6 is 0 Å². The highest BCUT2D eigenvalue weighted by Crippen LogP contribution is 2.33. The maximum Gasteiger partial charge on any atom is 0.333 e. The van der Waals surface area contributed by atoms with Gasteiger partial charge in [-0.2, -0.15) is 5.10 Å². The van der Waals surface area contributed by atoms with Crippen LogP contribution in [0.2, 0.25) is 0 Å². The van der Waals surface area contributed by atoms with Crippen LogP contribution in [0.3, 0.4) is 0 Å². The Hall–Kier alpha value is -1.98. The van der Waals surface area contributed by atoms with Crippen molar-refractivity contribution in [2.45, 2.75) is 31.7 Å². The summed E-state index contributed by atoms with van der Waals surface area (Å²) in [6.07, 6.45) is 3.23. The van der Waals surface area contributed by atoms with E-state index in [0.29, 0.717) is 19.4 Å². The first-order chi connectivity index (χ1) is 10.0. The lowest BCUT2D eigenvalue weighted by Crippen LogP contribution is -2.48. The number of nitrogens with zero attached hydrogens (tertiary/aromatic N) is 2. The summed E-state index contributed by atoms with van der Waals surface area (Å²) in [5.74, 6) is -2.21. The fourth-order valence-electron chi connectivity index (χ4n) is 2.69. The summed E-state index contributed by atoms with van der Waals surface area (Å²) >= 11 is 0. The molecule has 0 saturated carbocycles. The molecule has 1 aliphatic heterocycles. The fraction of sp³-hybridized carbons (Fsp3) is 0.467. The number of hydrogen-bond acceptors (Lipinski definition) is 4. The number of benzene rings is 1. The minimum Gasteiger partial charge on any atom is -0.467 e. The molecule has 0 spiro atoms. The second kappa shape index (κ2) is 6.20. The molecular weight excluding hydrogens is 278 g/mol. The molecule has 0 bridgehead atoms. The summed E-state index contributed by atoms with van der Waals surface area (Å²) < 4.78 is 31.6. The van der Waals surface area contributed by atoms with E-state index in [1.54, 1.807) is 5.01 Å². The van der Waals surface area contributed by atoms with Gasteiger partial charge in [-0.15, -0.1) is 0 Å². The molecule has 1 aliphatic rings. The standard InChI is InChI=1S/C15H18F2N2O2/c1-3-15(14(20)21-2)8-5-9-19(15)18-10-11-6-4-7-12(16)13(11)17/h4,6-7,10H,3,5,8-9H2,1-2H3/t15-/m1/s1. The highest BCUT2D eigenvalue weighted by atomic mass is 19.2. The van der Waals surface area contributed by atoms with Crippen LogP contribution in [0.15, 0.2) is 23.3 Å². The van der Waals surface area contributed by atoms with Crippen LogP contribution in [0.1, 0.15) is 31.7 Å². The monoisotopic (exact) mass is 296 g/mol. The van der Waals surface area contributed by atoms with E-state index in [1.807, 2.05) is 6.92 Å². The predicted molar refractivity (Wildman–Crippen MR) is 74.9 cm³/mol. The van der Waals surface area contributed by atoms with Gasteiger partial charge < -0.3 is 4.74 Å². The molecule has 1 saturated heterocycles. The maximum absolute atomic E-state index is 13.6. The molecule has 114 valence electrons. The average Bonchev–Trinajstić information content (AvgIpc) is 2.92. The molecule has 0 N–H and O–H groups in total. The lowest BCUT2D eigenvalue weighted by atomic mass is 9.94. The smallest absolute Gasteiger partial charge is 0.333 e. The van der Waals surface area contributed by atoms with Gasteiger partial charge >= 0.3 is 5.97 Å². The van der Waals surface area contributed by atoms with Gasteiger partial charge in [0.2, 0.25) is 0 Å². The number of ether oxygens (including phenoxy) is 1. The van der Waals surface area contributed by atoms with E-state index in [9.17, 15) is 13.6 Å². The van der Waals surface area contributed by atoms with Crippen molar-refractivity contribution in [3.8, 4) is 0 Å². The number of methoxy groups -OCH3 is 1. The van der Waals surface area contributed by atoms with Crippen LogP contribution in [-0.2, 0) is 9.53 Å². The topological polar surface area (TPSA) is 41.9 Å². The molecule has 1 fully saturated rings. The minimum atomic E-state index is -0.944. The molecule has 1 aromatic rings. The molecule has 0 aliphatic carbocycles. The third-order valence-corrected chi connectivity index (χ3v) is 3.92. The van der Waals surface area contributed by atoms with E-state index in [4.69, 9.17) is 4.74 Å². The van der Waals surface area contributed by atoms with Crippen molar-refractivity contribution in [3.05, 3.63) is 35.4 Å². The quantitative estimate of drug-likeness (QED) is 0.634. The van der Waals surface area contributed by atoms with Gasteiger partial charge in [-0.1, -0.05) is 19.1 Å². The summed E-state index contributed by atoms with van der Waals surface area (Å²) in [5.41, 5.74) is -0.758. The Balaban J connectivity index is 2.27. The molecule has 1 aromatic carbocycles. The lowest BCUT2D eigenvalue weighted by molar-refractivity contribution is -0.153. The van der Waals surface area contributed by atoms with Crippen molar-refractivity contribution in [2.24, 2.45) is 5.10 Å². The molecule has 6 heteroatoms. The number of hydrogen-bond donors (Lipinski definition) is 0. The molecule has 0 aromatic heterocycles. The van der Waals surface area contributed by atoms with E-state index in [0.717, 1.165) is 12.5 Å². The Bertz CT molecular complexity index is 563. The number of carbonyl (C=O) groups is 1. The Kier molecular flexibility index (Phi) is 4.55. The van der Waals surface area contributed by atoms with Crippen molar-refractivity contribution in [1.29, 1.82) is 0 Å². The Labute approximate surface area is 122 Å². The summed E-state index contributed by atoms with van der Waals surface area (Å²) in [4.78, 5) is 12.0. The number of halogens is 2. The van der Waals surface area contributed by atoms with Gasteiger partial charge in [-0.3, -0.25) is 5.01 Å². The second-order valence-electron chi connectivity index (χ2n) is 4.99. The Morgan fingerprint density at radius 2 is 2.29 bits per heavy atom.